The van der Waals surface area contributed by atoms with Crippen molar-refractivity contribution in [1.29, 1.82) is 0 Å². The van der Waals surface area contributed by atoms with E-state index in [4.69, 9.17) is 5.11 Å². The van der Waals surface area contributed by atoms with E-state index in [-0.39, 0.29) is 51.4 Å². The van der Waals surface area contributed by atoms with E-state index in [1.54, 1.807) is 0 Å². The summed E-state index contributed by atoms with van der Waals surface area (Å²) in [7, 11) is 0. The van der Waals surface area contributed by atoms with Crippen LogP contribution in [-0.2, 0) is 4.79 Å². The van der Waals surface area contributed by atoms with Crippen LogP contribution >= 0.6 is 0 Å². The van der Waals surface area contributed by atoms with E-state index >= 15 is 0 Å². The normalized spacial score (nSPS) is 7.15. The molecule has 3 heteroatoms. The van der Waals surface area contributed by atoms with Crippen LogP contribution < -0.4 is 0 Å². The van der Waals surface area contributed by atoms with E-state index in [9.17, 15) is 4.79 Å². The minimum absolute atomic E-state index is 0. The molecule has 0 aliphatic carbocycles. The Morgan fingerprint density at radius 1 is 1.38 bits per heavy atom. The van der Waals surface area contributed by atoms with Crippen LogP contribution in [0.15, 0.2) is 43.0 Å². The maximum absolute atomic E-state index is 9.25. The number of hydrogen-bond acceptors (Lipinski definition) is 1. The van der Waals surface area contributed by atoms with Crippen molar-refractivity contribution in [3.63, 3.8) is 0 Å². The number of carboxylic acid groups (broad SMARTS) is 1. The topological polar surface area (TPSA) is 37.3 Å². The summed E-state index contributed by atoms with van der Waals surface area (Å²) in [4.78, 5) is 9.25. The third-order valence-electron chi connectivity index (χ3n) is 1.12. The van der Waals surface area contributed by atoms with Gasteiger partial charge in [0.05, 0.1) is 0 Å². The fraction of sp³-hybridized carbons (Fsp3) is 0.100. The first kappa shape index (κ1) is 15.5. The molecule has 0 unspecified atom stereocenters. The molecular formula is C10H13KO2. The fourth-order valence-electron chi connectivity index (χ4n) is 0.534. The predicted octanol–water partition coefficient (Wildman–Crippen LogP) is 1.60. The monoisotopic (exact) mass is 204 g/mol. The van der Waals surface area contributed by atoms with Crippen LogP contribution in [0.3, 0.4) is 0 Å². The second-order valence-corrected chi connectivity index (χ2v) is 2.20. The van der Waals surface area contributed by atoms with Crippen LogP contribution in [0.4, 0.5) is 0 Å². The molecule has 0 aliphatic rings. The zero-order chi connectivity index (χ0) is 9.40. The third-order valence-corrected chi connectivity index (χ3v) is 1.12. The summed E-state index contributed by atoms with van der Waals surface area (Å²) in [5, 5.41) is 7.60. The van der Waals surface area contributed by atoms with Gasteiger partial charge in [0.15, 0.2) is 0 Å². The van der Waals surface area contributed by atoms with Gasteiger partial charge in [-0.1, -0.05) is 42.5 Å². The molecule has 1 aromatic rings. The Labute approximate surface area is 121 Å². The number of carboxylic acids is 1. The van der Waals surface area contributed by atoms with E-state index in [0.717, 1.165) is 6.08 Å². The summed E-state index contributed by atoms with van der Waals surface area (Å²) < 4.78 is 0. The molecule has 0 amide bonds. The molecule has 0 aliphatic heterocycles. The van der Waals surface area contributed by atoms with E-state index in [1.165, 1.54) is 5.56 Å². The van der Waals surface area contributed by atoms with Gasteiger partial charge < -0.3 is 5.11 Å². The molecule has 0 saturated heterocycles. The molecule has 66 valence electrons. The Morgan fingerprint density at radius 2 is 1.77 bits per heavy atom. The predicted molar refractivity (Wildman–Crippen MR) is 56.2 cm³/mol. The van der Waals surface area contributed by atoms with Crippen molar-refractivity contribution in [2.45, 2.75) is 6.92 Å². The molecule has 0 spiro atoms. The molecule has 0 heterocycles. The molecule has 0 atom stereocenters. The first-order valence-corrected chi connectivity index (χ1v) is 3.54. The number of aliphatic carboxylic acids is 1. The van der Waals surface area contributed by atoms with Crippen LogP contribution in [0.5, 0.6) is 0 Å². The first-order valence-electron chi connectivity index (χ1n) is 3.54. The van der Waals surface area contributed by atoms with Crippen LogP contribution in [0.25, 0.3) is 0 Å². The molecule has 13 heavy (non-hydrogen) atoms. The average Bonchev–Trinajstić information content (AvgIpc) is 2.07. The van der Waals surface area contributed by atoms with Gasteiger partial charge in [-0.2, -0.15) is 0 Å². The van der Waals surface area contributed by atoms with E-state index in [0.29, 0.717) is 0 Å². The van der Waals surface area contributed by atoms with Gasteiger partial charge in [0, 0.05) is 6.08 Å². The van der Waals surface area contributed by atoms with Gasteiger partial charge >= 0.3 is 57.4 Å². The van der Waals surface area contributed by atoms with E-state index < -0.39 is 5.97 Å². The van der Waals surface area contributed by atoms with Crippen molar-refractivity contribution in [3.8, 4) is 0 Å². The molecule has 0 aromatic heterocycles. The van der Waals surface area contributed by atoms with Gasteiger partial charge in [0.1, 0.15) is 0 Å². The van der Waals surface area contributed by atoms with Crippen molar-refractivity contribution in [1.82, 2.24) is 0 Å². The molecule has 1 N–H and O–H groups in total. The standard InChI is InChI=1S/C7H8.C3H4O2.K.H/c1-7-5-3-2-4-6-7;1-2-3(4)5;;/h2-6H,1H3;2H,1H2,(H,4,5);;. The number of hydrogen-bond donors (Lipinski definition) is 1. The van der Waals surface area contributed by atoms with E-state index in [2.05, 4.69) is 25.6 Å². The molecule has 0 radical (unpaired) electrons. The van der Waals surface area contributed by atoms with Crippen molar-refractivity contribution in [2.24, 2.45) is 0 Å². The zero-order valence-corrected chi connectivity index (χ0v) is 7.03. The average molecular weight is 204 g/mol. The van der Waals surface area contributed by atoms with E-state index in [1.807, 2.05) is 18.2 Å². The zero-order valence-electron chi connectivity index (χ0n) is 7.03. The quantitative estimate of drug-likeness (QED) is 0.557. The molecular weight excluding hydrogens is 191 g/mol. The molecule has 0 fully saturated rings. The van der Waals surface area contributed by atoms with Gasteiger partial charge in [-0.3, -0.25) is 0 Å². The second-order valence-electron chi connectivity index (χ2n) is 2.20. The van der Waals surface area contributed by atoms with Gasteiger partial charge in [0.2, 0.25) is 0 Å². The van der Waals surface area contributed by atoms with Gasteiger partial charge in [0.25, 0.3) is 0 Å². The molecule has 1 rings (SSSR count). The Hall–Kier alpha value is 0.0664. The van der Waals surface area contributed by atoms with Crippen molar-refractivity contribution >= 4 is 57.4 Å². The summed E-state index contributed by atoms with van der Waals surface area (Å²) in [6.45, 7) is 5.04. The summed E-state index contributed by atoms with van der Waals surface area (Å²) in [5.74, 6) is -0.981. The molecule has 0 saturated carbocycles. The number of carbonyl (C=O) groups is 1. The van der Waals surface area contributed by atoms with Crippen LogP contribution in [0.2, 0.25) is 0 Å². The molecule has 0 bridgehead atoms. The van der Waals surface area contributed by atoms with Crippen molar-refractivity contribution in [2.75, 3.05) is 0 Å². The summed E-state index contributed by atoms with van der Waals surface area (Å²) in [6.07, 6.45) is 0.833. The number of aryl methyl sites for hydroxylation is 1. The van der Waals surface area contributed by atoms with Crippen molar-refractivity contribution in [3.05, 3.63) is 48.6 Å². The van der Waals surface area contributed by atoms with Gasteiger partial charge in [-0.05, 0) is 6.92 Å². The Balaban J connectivity index is 0. The molecule has 1 aromatic carbocycles. The second kappa shape index (κ2) is 10.1. The number of rotatable bonds is 1. The summed E-state index contributed by atoms with van der Waals surface area (Å²) >= 11 is 0. The van der Waals surface area contributed by atoms with Crippen LogP contribution in [-0.4, -0.2) is 62.5 Å². The van der Waals surface area contributed by atoms with Crippen LogP contribution in [0.1, 0.15) is 5.56 Å². The Bertz CT molecular complexity index is 244. The van der Waals surface area contributed by atoms with Gasteiger partial charge in [-0.25, -0.2) is 4.79 Å². The number of benzene rings is 1. The Morgan fingerprint density at radius 3 is 1.92 bits per heavy atom. The van der Waals surface area contributed by atoms with Gasteiger partial charge in [-0.15, -0.1) is 0 Å². The third kappa shape index (κ3) is 12.1. The minimum atomic E-state index is -0.981. The Kier molecular flexibility index (Phi) is 12.1. The van der Waals surface area contributed by atoms with Crippen molar-refractivity contribution < 1.29 is 9.90 Å². The summed E-state index contributed by atoms with van der Waals surface area (Å²) in [5.41, 5.74) is 1.32. The van der Waals surface area contributed by atoms with Crippen LogP contribution in [0, 0.1) is 6.92 Å². The summed E-state index contributed by atoms with van der Waals surface area (Å²) in [6, 6.07) is 10.3. The SMILES string of the molecule is C=CC(=O)O.Cc1ccccc1.[KH]. The fourth-order valence-corrected chi connectivity index (χ4v) is 0.534. The first-order chi connectivity index (χ1) is 5.66. The molecule has 2 nitrogen and oxygen atoms in total. The maximum atomic E-state index is 9.25.